The average Bonchev–Trinajstić information content (AvgIpc) is 3.10. The Balaban J connectivity index is 1.52. The Labute approximate surface area is 170 Å². The van der Waals surface area contributed by atoms with Gasteiger partial charge in [-0.05, 0) is 42.5 Å². The largest absolute Gasteiger partial charge is 0.482 e. The van der Waals surface area contributed by atoms with Crippen molar-refractivity contribution in [2.24, 2.45) is 5.10 Å². The Morgan fingerprint density at radius 1 is 1.07 bits per heavy atom. The number of halogens is 3. The molecular weight excluding hydrogens is 411 g/mol. The van der Waals surface area contributed by atoms with E-state index in [0.717, 1.165) is 5.56 Å². The number of nitrogens with one attached hydrogen (secondary N) is 1. The summed E-state index contributed by atoms with van der Waals surface area (Å²) in [5, 5.41) is 5.26. The number of nitrogens with zero attached hydrogens (tertiary/aromatic N) is 1. The van der Waals surface area contributed by atoms with Crippen molar-refractivity contribution in [3.8, 4) is 17.1 Å². The lowest BCUT2D eigenvalue weighted by atomic mass is 10.2. The molecule has 0 aliphatic heterocycles. The van der Waals surface area contributed by atoms with Gasteiger partial charge in [0.15, 0.2) is 6.61 Å². The highest BCUT2D eigenvalue weighted by Gasteiger charge is 2.07. The van der Waals surface area contributed by atoms with Gasteiger partial charge in [-0.2, -0.15) is 5.10 Å². The summed E-state index contributed by atoms with van der Waals surface area (Å²) in [5.74, 6) is 1.04. The molecule has 0 unspecified atom stereocenters. The lowest BCUT2D eigenvalue weighted by Crippen LogP contribution is -2.24. The molecule has 1 N–H and O–H groups in total. The topological polar surface area (TPSA) is 63.8 Å². The van der Waals surface area contributed by atoms with Crippen LogP contribution in [0, 0.1) is 0 Å². The van der Waals surface area contributed by atoms with Crippen LogP contribution < -0.4 is 10.2 Å². The van der Waals surface area contributed by atoms with E-state index >= 15 is 0 Å². The Hall–Kier alpha value is -2.47. The van der Waals surface area contributed by atoms with Gasteiger partial charge in [-0.25, -0.2) is 5.43 Å². The van der Waals surface area contributed by atoms with Gasteiger partial charge in [-0.15, -0.1) is 0 Å². The van der Waals surface area contributed by atoms with Crippen molar-refractivity contribution >= 4 is 46.9 Å². The third-order valence-corrected chi connectivity index (χ3v) is 4.14. The van der Waals surface area contributed by atoms with Crippen LogP contribution in [0.15, 0.2) is 64.1 Å². The van der Waals surface area contributed by atoms with Crippen LogP contribution in [0.1, 0.15) is 5.76 Å². The molecule has 0 saturated heterocycles. The number of furan rings is 1. The number of hydrogen-bond donors (Lipinski definition) is 1. The Kier molecular flexibility index (Phi) is 6.40. The molecule has 27 heavy (non-hydrogen) atoms. The molecule has 0 bridgehead atoms. The predicted octanol–water partition coefficient (Wildman–Crippen LogP) is 5.44. The summed E-state index contributed by atoms with van der Waals surface area (Å²) in [7, 11) is 0. The second-order valence-corrected chi connectivity index (χ2v) is 6.65. The first-order valence-electron chi connectivity index (χ1n) is 7.77. The van der Waals surface area contributed by atoms with E-state index in [0.29, 0.717) is 32.3 Å². The molecular formula is C19H13Cl3N2O3. The monoisotopic (exact) mass is 422 g/mol. The minimum absolute atomic E-state index is 0.245. The van der Waals surface area contributed by atoms with Crippen LogP contribution in [-0.4, -0.2) is 18.7 Å². The van der Waals surface area contributed by atoms with Gasteiger partial charge >= 0.3 is 0 Å². The number of rotatable bonds is 6. The van der Waals surface area contributed by atoms with Crippen LogP contribution >= 0.6 is 34.8 Å². The first-order chi connectivity index (χ1) is 13.0. The summed E-state index contributed by atoms with van der Waals surface area (Å²) < 4.78 is 11.0. The lowest BCUT2D eigenvalue weighted by molar-refractivity contribution is -0.123. The molecule has 2 aromatic carbocycles. The van der Waals surface area contributed by atoms with E-state index in [2.05, 4.69) is 10.5 Å². The Morgan fingerprint density at radius 2 is 1.89 bits per heavy atom. The average molecular weight is 424 g/mol. The molecule has 0 aliphatic carbocycles. The smallest absolute Gasteiger partial charge is 0.277 e. The molecule has 1 aromatic heterocycles. The zero-order chi connectivity index (χ0) is 19.2. The number of benzene rings is 2. The second kappa shape index (κ2) is 8.95. The molecule has 3 aromatic rings. The molecule has 1 amide bonds. The number of ether oxygens (including phenoxy) is 1. The molecule has 8 heteroatoms. The molecule has 0 saturated carbocycles. The van der Waals surface area contributed by atoms with Crippen molar-refractivity contribution in [2.75, 3.05) is 6.61 Å². The molecule has 138 valence electrons. The Bertz CT molecular complexity index is 986. The summed E-state index contributed by atoms with van der Waals surface area (Å²) in [5.41, 5.74) is 3.19. The number of carbonyl (C=O) groups is 1. The van der Waals surface area contributed by atoms with Gasteiger partial charge in [-0.3, -0.25) is 4.79 Å². The Morgan fingerprint density at radius 3 is 2.67 bits per heavy atom. The fourth-order valence-corrected chi connectivity index (χ4v) is 2.81. The van der Waals surface area contributed by atoms with Crippen molar-refractivity contribution in [1.29, 1.82) is 0 Å². The minimum Gasteiger partial charge on any atom is -0.482 e. The van der Waals surface area contributed by atoms with E-state index in [9.17, 15) is 4.79 Å². The highest BCUT2D eigenvalue weighted by atomic mass is 35.5. The first-order valence-corrected chi connectivity index (χ1v) is 8.90. The molecule has 0 aliphatic rings. The van der Waals surface area contributed by atoms with Gasteiger partial charge in [0.25, 0.3) is 5.91 Å². The summed E-state index contributed by atoms with van der Waals surface area (Å²) >= 11 is 17.7. The van der Waals surface area contributed by atoms with Crippen LogP contribution in [0.2, 0.25) is 15.1 Å². The number of hydrogen-bond acceptors (Lipinski definition) is 4. The highest BCUT2D eigenvalue weighted by Crippen LogP contribution is 2.27. The minimum atomic E-state index is -0.445. The normalized spacial score (nSPS) is 10.9. The standard InChI is InChI=1S/C19H13Cl3N2O3/c20-13-3-1-2-12(8-13)17-7-5-15(27-17)10-23-24-19(25)11-26-18-6-4-14(21)9-16(18)22/h1-10H,11H2,(H,24,25)/b23-10+. The summed E-state index contributed by atoms with van der Waals surface area (Å²) in [4.78, 5) is 11.8. The van der Waals surface area contributed by atoms with Crippen molar-refractivity contribution < 1.29 is 13.9 Å². The van der Waals surface area contributed by atoms with Crippen molar-refractivity contribution in [1.82, 2.24) is 5.43 Å². The summed E-state index contributed by atoms with van der Waals surface area (Å²) in [6.45, 7) is -0.245. The van der Waals surface area contributed by atoms with Gasteiger partial charge in [0.2, 0.25) is 0 Å². The van der Waals surface area contributed by atoms with Crippen molar-refractivity contribution in [3.05, 3.63) is 75.4 Å². The zero-order valence-corrected chi connectivity index (χ0v) is 16.1. The third-order valence-electron chi connectivity index (χ3n) is 3.37. The van der Waals surface area contributed by atoms with Crippen LogP contribution in [0.3, 0.4) is 0 Å². The maximum atomic E-state index is 11.8. The predicted molar refractivity (Wildman–Crippen MR) is 107 cm³/mol. The highest BCUT2D eigenvalue weighted by molar-refractivity contribution is 6.35. The molecule has 3 rings (SSSR count). The van der Waals surface area contributed by atoms with E-state index in [1.807, 2.05) is 12.1 Å². The van der Waals surface area contributed by atoms with E-state index < -0.39 is 5.91 Å². The number of hydrazone groups is 1. The van der Waals surface area contributed by atoms with Crippen molar-refractivity contribution in [3.63, 3.8) is 0 Å². The molecule has 0 atom stereocenters. The molecule has 0 radical (unpaired) electrons. The SMILES string of the molecule is O=C(COc1ccc(Cl)cc1Cl)N/N=C/c1ccc(-c2cccc(Cl)c2)o1. The molecule has 5 nitrogen and oxygen atoms in total. The molecule has 0 fully saturated rings. The van der Waals surface area contributed by atoms with E-state index in [1.54, 1.807) is 36.4 Å². The first kappa shape index (κ1) is 19.3. The van der Waals surface area contributed by atoms with E-state index in [4.69, 9.17) is 44.0 Å². The maximum absolute atomic E-state index is 11.8. The third kappa shape index (κ3) is 5.50. The van der Waals surface area contributed by atoms with Crippen LogP contribution in [-0.2, 0) is 4.79 Å². The lowest BCUT2D eigenvalue weighted by Gasteiger charge is -2.06. The molecule has 0 spiro atoms. The fraction of sp³-hybridized carbons (Fsp3) is 0.0526. The number of carbonyl (C=O) groups excluding carboxylic acids is 1. The zero-order valence-electron chi connectivity index (χ0n) is 13.8. The van der Waals surface area contributed by atoms with Gasteiger partial charge < -0.3 is 9.15 Å². The van der Waals surface area contributed by atoms with Crippen LogP contribution in [0.5, 0.6) is 5.75 Å². The summed E-state index contributed by atoms with van der Waals surface area (Å²) in [6, 6.07) is 15.6. The summed E-state index contributed by atoms with van der Waals surface area (Å²) in [6.07, 6.45) is 1.39. The van der Waals surface area contributed by atoms with Gasteiger partial charge in [0, 0.05) is 15.6 Å². The second-order valence-electron chi connectivity index (χ2n) is 5.37. The van der Waals surface area contributed by atoms with Gasteiger partial charge in [0.1, 0.15) is 17.3 Å². The van der Waals surface area contributed by atoms with Crippen LogP contribution in [0.4, 0.5) is 0 Å². The van der Waals surface area contributed by atoms with Gasteiger partial charge in [0.05, 0.1) is 11.2 Å². The molecule has 1 heterocycles. The van der Waals surface area contributed by atoms with Crippen LogP contribution in [0.25, 0.3) is 11.3 Å². The van der Waals surface area contributed by atoms with Crippen molar-refractivity contribution in [2.45, 2.75) is 0 Å². The quantitative estimate of drug-likeness (QED) is 0.424. The maximum Gasteiger partial charge on any atom is 0.277 e. The van der Waals surface area contributed by atoms with E-state index in [-0.39, 0.29) is 6.61 Å². The fourth-order valence-electron chi connectivity index (χ4n) is 2.15. The number of amides is 1. The van der Waals surface area contributed by atoms with E-state index in [1.165, 1.54) is 12.3 Å². The van der Waals surface area contributed by atoms with Gasteiger partial charge in [-0.1, -0.05) is 46.9 Å².